The first-order valence-corrected chi connectivity index (χ1v) is 9.65. The maximum atomic E-state index is 13.6. The number of carbonyl (C=O) groups is 2. The SMILES string of the molecule is O=C1c2ccccc2C(=O)C12O[C@@H](c1ccccc1)[C@@H]([N+](=O)[O-])[C@@H]2c1ccccc1. The van der Waals surface area contributed by atoms with Crippen LogP contribution in [0.3, 0.4) is 0 Å². The molecule has 1 aliphatic heterocycles. The minimum Gasteiger partial charge on any atom is -0.342 e. The number of fused-ring (bicyclic) bond motifs is 1. The summed E-state index contributed by atoms with van der Waals surface area (Å²) in [6.45, 7) is 0. The number of nitrogens with zero attached hydrogens (tertiary/aromatic N) is 1. The third kappa shape index (κ3) is 2.40. The largest absolute Gasteiger partial charge is 0.342 e. The lowest BCUT2D eigenvalue weighted by atomic mass is 9.75. The number of carbonyl (C=O) groups excluding carboxylic acids is 2. The topological polar surface area (TPSA) is 86.5 Å². The van der Waals surface area contributed by atoms with Crippen LogP contribution in [0.1, 0.15) is 43.9 Å². The van der Waals surface area contributed by atoms with Crippen LogP contribution in [0.25, 0.3) is 0 Å². The van der Waals surface area contributed by atoms with E-state index in [0.29, 0.717) is 11.1 Å². The van der Waals surface area contributed by atoms with Gasteiger partial charge in [0.05, 0.1) is 5.92 Å². The van der Waals surface area contributed by atoms with E-state index in [2.05, 4.69) is 0 Å². The lowest BCUT2D eigenvalue weighted by Gasteiger charge is -2.26. The van der Waals surface area contributed by atoms with Gasteiger partial charge in [-0.3, -0.25) is 19.7 Å². The molecule has 3 atom stereocenters. The number of ether oxygens (including phenoxy) is 1. The van der Waals surface area contributed by atoms with Gasteiger partial charge < -0.3 is 4.74 Å². The zero-order valence-electron chi connectivity index (χ0n) is 15.8. The molecule has 6 heteroatoms. The number of Topliss-reactive ketones (excluding diaryl/α,β-unsaturated/α-hetero) is 2. The van der Waals surface area contributed by atoms with E-state index in [1.54, 1.807) is 84.9 Å². The van der Waals surface area contributed by atoms with Gasteiger partial charge in [-0.05, 0) is 11.1 Å². The van der Waals surface area contributed by atoms with E-state index in [1.165, 1.54) is 0 Å². The summed E-state index contributed by atoms with van der Waals surface area (Å²) < 4.78 is 6.20. The van der Waals surface area contributed by atoms with Gasteiger partial charge >= 0.3 is 0 Å². The maximum absolute atomic E-state index is 13.6. The zero-order chi connectivity index (χ0) is 20.9. The molecule has 148 valence electrons. The molecule has 1 heterocycles. The number of hydrogen-bond donors (Lipinski definition) is 0. The molecule has 30 heavy (non-hydrogen) atoms. The Hall–Kier alpha value is -3.64. The van der Waals surface area contributed by atoms with Crippen LogP contribution in [-0.4, -0.2) is 28.1 Å². The Labute approximate surface area is 172 Å². The van der Waals surface area contributed by atoms with Gasteiger partial charge in [0, 0.05) is 16.1 Å². The first-order chi connectivity index (χ1) is 14.6. The molecule has 1 fully saturated rings. The molecule has 0 unspecified atom stereocenters. The highest BCUT2D eigenvalue weighted by molar-refractivity contribution is 6.33. The third-order valence-electron chi connectivity index (χ3n) is 6.02. The molecule has 3 aromatic rings. The Kier molecular flexibility index (Phi) is 4.11. The summed E-state index contributed by atoms with van der Waals surface area (Å²) in [6, 6.07) is 22.7. The van der Waals surface area contributed by atoms with Crippen molar-refractivity contribution >= 4 is 11.6 Å². The third-order valence-corrected chi connectivity index (χ3v) is 6.02. The average molecular weight is 399 g/mol. The van der Waals surface area contributed by atoms with Crippen molar-refractivity contribution in [2.75, 3.05) is 0 Å². The van der Waals surface area contributed by atoms with Crippen molar-refractivity contribution in [3.05, 3.63) is 117 Å². The Morgan fingerprint density at radius 2 is 1.20 bits per heavy atom. The molecule has 6 nitrogen and oxygen atoms in total. The molecule has 0 aromatic heterocycles. The quantitative estimate of drug-likeness (QED) is 0.377. The fourth-order valence-corrected chi connectivity index (χ4v) is 4.76. The lowest BCUT2D eigenvalue weighted by Crippen LogP contribution is -2.48. The molecule has 0 radical (unpaired) electrons. The van der Waals surface area contributed by atoms with Crippen molar-refractivity contribution in [1.29, 1.82) is 0 Å². The van der Waals surface area contributed by atoms with Gasteiger partial charge in [0.1, 0.15) is 0 Å². The highest BCUT2D eigenvalue weighted by Crippen LogP contribution is 2.55. The van der Waals surface area contributed by atoms with E-state index in [0.717, 1.165) is 0 Å². The number of nitro groups is 1. The van der Waals surface area contributed by atoms with Gasteiger partial charge in [0.25, 0.3) is 6.04 Å². The molecule has 0 saturated carbocycles. The monoisotopic (exact) mass is 399 g/mol. The van der Waals surface area contributed by atoms with Crippen LogP contribution in [0.15, 0.2) is 84.9 Å². The molecule has 2 aliphatic rings. The van der Waals surface area contributed by atoms with Gasteiger partial charge in [-0.2, -0.15) is 0 Å². The number of benzene rings is 3. The smallest absolute Gasteiger partial charge is 0.253 e. The van der Waals surface area contributed by atoms with Crippen molar-refractivity contribution in [2.24, 2.45) is 0 Å². The summed E-state index contributed by atoms with van der Waals surface area (Å²) in [7, 11) is 0. The standard InChI is InChI=1S/C24H17NO5/c26-22-17-13-7-8-14-18(17)23(27)24(22)19(15-9-3-1-4-10-15)20(25(28)29)21(30-24)16-11-5-2-6-12-16/h1-14,19-21H/t19-,20-,21-/m0/s1. The van der Waals surface area contributed by atoms with Gasteiger partial charge in [0.2, 0.25) is 17.2 Å². The van der Waals surface area contributed by atoms with E-state index >= 15 is 0 Å². The van der Waals surface area contributed by atoms with Gasteiger partial charge in [0.15, 0.2) is 6.10 Å². The van der Waals surface area contributed by atoms with Crippen molar-refractivity contribution in [2.45, 2.75) is 23.7 Å². The lowest BCUT2D eigenvalue weighted by molar-refractivity contribution is -0.531. The van der Waals surface area contributed by atoms with E-state index in [-0.39, 0.29) is 11.1 Å². The van der Waals surface area contributed by atoms with Crippen LogP contribution in [0.4, 0.5) is 0 Å². The van der Waals surface area contributed by atoms with Crippen LogP contribution in [-0.2, 0) is 4.74 Å². The zero-order valence-corrected chi connectivity index (χ0v) is 15.8. The van der Waals surface area contributed by atoms with E-state index < -0.39 is 40.2 Å². The first-order valence-electron chi connectivity index (χ1n) is 9.65. The second-order valence-corrected chi connectivity index (χ2v) is 7.55. The first kappa shape index (κ1) is 18.4. The summed E-state index contributed by atoms with van der Waals surface area (Å²) in [6.07, 6.45) is -1.03. The highest BCUT2D eigenvalue weighted by atomic mass is 16.6. The van der Waals surface area contributed by atoms with Gasteiger partial charge in [-0.15, -0.1) is 0 Å². The van der Waals surface area contributed by atoms with Crippen molar-refractivity contribution in [1.82, 2.24) is 0 Å². The fourth-order valence-electron chi connectivity index (χ4n) is 4.76. The van der Waals surface area contributed by atoms with Gasteiger partial charge in [-0.25, -0.2) is 0 Å². The highest BCUT2D eigenvalue weighted by Gasteiger charge is 2.71. The molecule has 0 N–H and O–H groups in total. The summed E-state index contributed by atoms with van der Waals surface area (Å²) in [4.78, 5) is 39.1. The van der Waals surface area contributed by atoms with Crippen LogP contribution in [0, 0.1) is 10.1 Å². The summed E-state index contributed by atoms with van der Waals surface area (Å²) in [5, 5.41) is 12.3. The number of rotatable bonds is 3. The molecule has 1 aliphatic carbocycles. The minimum atomic E-state index is -1.96. The Balaban J connectivity index is 1.77. The van der Waals surface area contributed by atoms with E-state index in [9.17, 15) is 19.7 Å². The summed E-state index contributed by atoms with van der Waals surface area (Å²) in [5.74, 6) is -2.07. The van der Waals surface area contributed by atoms with Gasteiger partial charge in [-0.1, -0.05) is 84.9 Å². The summed E-state index contributed by atoms with van der Waals surface area (Å²) >= 11 is 0. The molecule has 0 bridgehead atoms. The van der Waals surface area contributed by atoms with Crippen molar-refractivity contribution in [3.8, 4) is 0 Å². The minimum absolute atomic E-state index is 0.249. The number of hydrogen-bond acceptors (Lipinski definition) is 5. The van der Waals surface area contributed by atoms with E-state index in [4.69, 9.17) is 4.74 Å². The normalized spacial score (nSPS) is 24.2. The number of ketones is 2. The second-order valence-electron chi connectivity index (χ2n) is 7.55. The van der Waals surface area contributed by atoms with Crippen molar-refractivity contribution < 1.29 is 19.2 Å². The second kappa shape index (κ2) is 6.71. The van der Waals surface area contributed by atoms with Crippen LogP contribution >= 0.6 is 0 Å². The average Bonchev–Trinajstić information content (AvgIpc) is 3.26. The van der Waals surface area contributed by atoms with Crippen LogP contribution in [0.5, 0.6) is 0 Å². The molecule has 3 aromatic carbocycles. The molecular weight excluding hydrogens is 382 g/mol. The molecule has 5 rings (SSSR count). The van der Waals surface area contributed by atoms with Crippen molar-refractivity contribution in [3.63, 3.8) is 0 Å². The summed E-state index contributed by atoms with van der Waals surface area (Å²) in [5.41, 5.74) is -0.359. The van der Waals surface area contributed by atoms with Crippen LogP contribution in [0.2, 0.25) is 0 Å². The molecule has 1 spiro atoms. The Morgan fingerprint density at radius 1 is 0.733 bits per heavy atom. The van der Waals surface area contributed by atoms with Crippen LogP contribution < -0.4 is 0 Å². The maximum Gasteiger partial charge on any atom is 0.253 e. The molecule has 1 saturated heterocycles. The predicted octanol–water partition coefficient (Wildman–Crippen LogP) is 4.01. The predicted molar refractivity (Wildman–Crippen MR) is 108 cm³/mol. The fraction of sp³-hybridized carbons (Fsp3) is 0.167. The van der Waals surface area contributed by atoms with E-state index in [1.807, 2.05) is 0 Å². The Bertz CT molecular complexity index is 1120. The Morgan fingerprint density at radius 3 is 1.70 bits per heavy atom. The molecular formula is C24H17NO5. The molecule has 0 amide bonds.